The third kappa shape index (κ3) is 3.74. The van der Waals surface area contributed by atoms with Gasteiger partial charge in [-0.25, -0.2) is 0 Å². The number of methoxy groups -OCH3 is 1. The molecule has 0 spiro atoms. The van der Waals surface area contributed by atoms with Crippen molar-refractivity contribution < 1.29 is 17.9 Å². The average molecular weight is 454 g/mol. The molecule has 1 aromatic carbocycles. The SMILES string of the molecule is COc1ccc2c(c1)c(C#N)c(-c1ccc(CCNC3(C(F)(F)F)CC3)cn1)n2C1CCC1. The Labute approximate surface area is 190 Å². The predicted octanol–water partition coefficient (Wildman–Crippen LogP) is 5.54. The first-order valence-electron chi connectivity index (χ1n) is 11.3. The number of hydrogen-bond acceptors (Lipinski definition) is 4. The van der Waals surface area contributed by atoms with Gasteiger partial charge in [0.05, 0.1) is 29.6 Å². The number of ether oxygens (including phenoxy) is 1. The lowest BCUT2D eigenvalue weighted by Gasteiger charge is -2.30. The van der Waals surface area contributed by atoms with E-state index in [0.29, 0.717) is 29.5 Å². The normalized spacial score (nSPS) is 17.5. The molecule has 2 saturated carbocycles. The Bertz CT molecular complexity index is 1220. The maximum atomic E-state index is 13.1. The number of alkyl halides is 3. The number of nitriles is 1. The molecule has 0 saturated heterocycles. The molecular formula is C25H25F3N4O. The fraction of sp³-hybridized carbons (Fsp3) is 0.440. The molecule has 172 valence electrons. The van der Waals surface area contributed by atoms with Crippen LogP contribution >= 0.6 is 0 Å². The van der Waals surface area contributed by atoms with Crippen molar-refractivity contribution in [2.24, 2.45) is 0 Å². The average Bonchev–Trinajstić information content (AvgIpc) is 3.50. The lowest BCUT2D eigenvalue weighted by molar-refractivity contribution is -0.165. The molecule has 5 nitrogen and oxygen atoms in total. The van der Waals surface area contributed by atoms with E-state index >= 15 is 0 Å². The number of benzene rings is 1. The van der Waals surface area contributed by atoms with Crippen LogP contribution in [0.5, 0.6) is 5.75 Å². The zero-order chi connectivity index (χ0) is 23.2. The summed E-state index contributed by atoms with van der Waals surface area (Å²) in [6.07, 6.45) is 1.49. The number of rotatable bonds is 7. The first-order chi connectivity index (χ1) is 15.9. The molecule has 3 aromatic rings. The van der Waals surface area contributed by atoms with Gasteiger partial charge in [-0.3, -0.25) is 4.98 Å². The summed E-state index contributed by atoms with van der Waals surface area (Å²) < 4.78 is 46.9. The summed E-state index contributed by atoms with van der Waals surface area (Å²) in [6, 6.07) is 12.2. The lowest BCUT2D eigenvalue weighted by Crippen LogP contribution is -2.45. The molecule has 1 N–H and O–H groups in total. The number of nitrogens with one attached hydrogen (secondary N) is 1. The van der Waals surface area contributed by atoms with Crippen molar-refractivity contribution in [3.05, 3.63) is 47.7 Å². The van der Waals surface area contributed by atoms with Gasteiger partial charge in [-0.2, -0.15) is 18.4 Å². The zero-order valence-corrected chi connectivity index (χ0v) is 18.4. The molecule has 0 amide bonds. The second-order valence-corrected chi connectivity index (χ2v) is 8.98. The molecule has 0 radical (unpaired) electrons. The second kappa shape index (κ2) is 8.07. The van der Waals surface area contributed by atoms with Gasteiger partial charge < -0.3 is 14.6 Å². The number of fused-ring (bicyclic) bond motifs is 1. The van der Waals surface area contributed by atoms with Gasteiger partial charge in [-0.05, 0) is 68.4 Å². The molecule has 0 bridgehead atoms. The van der Waals surface area contributed by atoms with E-state index in [-0.39, 0.29) is 19.4 Å². The molecule has 0 unspecified atom stereocenters. The van der Waals surface area contributed by atoms with Crippen LogP contribution in [-0.2, 0) is 6.42 Å². The van der Waals surface area contributed by atoms with Gasteiger partial charge in [0, 0.05) is 24.2 Å². The van der Waals surface area contributed by atoms with E-state index < -0.39 is 11.7 Å². The predicted molar refractivity (Wildman–Crippen MR) is 119 cm³/mol. The summed E-state index contributed by atoms with van der Waals surface area (Å²) in [5, 5.41) is 13.5. The van der Waals surface area contributed by atoms with E-state index in [0.717, 1.165) is 41.4 Å². The monoisotopic (exact) mass is 454 g/mol. The van der Waals surface area contributed by atoms with Gasteiger partial charge in [0.1, 0.15) is 17.4 Å². The van der Waals surface area contributed by atoms with Crippen LogP contribution in [0, 0.1) is 11.3 Å². The van der Waals surface area contributed by atoms with Crippen molar-refractivity contribution in [3.63, 3.8) is 0 Å². The second-order valence-electron chi connectivity index (χ2n) is 8.98. The van der Waals surface area contributed by atoms with Crippen molar-refractivity contribution in [1.29, 1.82) is 5.26 Å². The third-order valence-electron chi connectivity index (χ3n) is 7.00. The highest BCUT2D eigenvalue weighted by Crippen LogP contribution is 2.49. The molecule has 2 heterocycles. The quantitative estimate of drug-likeness (QED) is 0.510. The highest BCUT2D eigenvalue weighted by Gasteiger charge is 2.62. The van der Waals surface area contributed by atoms with E-state index in [9.17, 15) is 18.4 Å². The highest BCUT2D eigenvalue weighted by molar-refractivity contribution is 5.95. The molecule has 2 aliphatic rings. The smallest absolute Gasteiger partial charge is 0.406 e. The summed E-state index contributed by atoms with van der Waals surface area (Å²) in [4.78, 5) is 4.62. The van der Waals surface area contributed by atoms with Gasteiger partial charge in [0.15, 0.2) is 0 Å². The van der Waals surface area contributed by atoms with Crippen LogP contribution in [-0.4, -0.2) is 34.9 Å². The molecule has 2 aliphatic carbocycles. The standard InChI is InChI=1S/C25H25F3N4O/c1-33-18-6-8-22-19(13-18)20(14-29)23(32(22)17-3-2-4-17)21-7-5-16(15-30-21)9-12-31-24(10-11-24)25(26,27)28/h5-8,13,15,17,31H,2-4,9-12H2,1H3. The molecule has 5 rings (SSSR count). The fourth-order valence-corrected chi connectivity index (χ4v) is 4.65. The summed E-state index contributed by atoms with van der Waals surface area (Å²) in [6.45, 7) is 0.242. The summed E-state index contributed by atoms with van der Waals surface area (Å²) in [5.74, 6) is 0.694. The molecule has 2 aromatic heterocycles. The van der Waals surface area contributed by atoms with Crippen LogP contribution in [0.3, 0.4) is 0 Å². The molecular weight excluding hydrogens is 429 g/mol. The Kier molecular flexibility index (Phi) is 5.32. The van der Waals surface area contributed by atoms with Crippen molar-refractivity contribution in [3.8, 4) is 23.2 Å². The highest BCUT2D eigenvalue weighted by atomic mass is 19.4. The van der Waals surface area contributed by atoms with Crippen LogP contribution in [0.4, 0.5) is 13.2 Å². The number of nitrogens with zero attached hydrogens (tertiary/aromatic N) is 3. The number of hydrogen-bond donors (Lipinski definition) is 1. The Hall–Kier alpha value is -3.05. The van der Waals surface area contributed by atoms with Gasteiger partial charge in [-0.15, -0.1) is 0 Å². The Morgan fingerprint density at radius 2 is 2.03 bits per heavy atom. The lowest BCUT2D eigenvalue weighted by atomic mass is 9.92. The van der Waals surface area contributed by atoms with Crippen LogP contribution in [0.25, 0.3) is 22.3 Å². The van der Waals surface area contributed by atoms with E-state index in [1.54, 1.807) is 13.3 Å². The topological polar surface area (TPSA) is 62.9 Å². The maximum absolute atomic E-state index is 13.1. The Morgan fingerprint density at radius 3 is 2.58 bits per heavy atom. The Balaban J connectivity index is 1.43. The van der Waals surface area contributed by atoms with Gasteiger partial charge in [0.2, 0.25) is 0 Å². The van der Waals surface area contributed by atoms with Crippen molar-refractivity contribution in [1.82, 2.24) is 14.9 Å². The summed E-state index contributed by atoms with van der Waals surface area (Å²) >= 11 is 0. The first-order valence-corrected chi connectivity index (χ1v) is 11.3. The first kappa shape index (κ1) is 21.8. The number of aromatic nitrogens is 2. The van der Waals surface area contributed by atoms with E-state index in [1.807, 2.05) is 30.3 Å². The van der Waals surface area contributed by atoms with Gasteiger partial charge >= 0.3 is 6.18 Å². The largest absolute Gasteiger partial charge is 0.497 e. The minimum atomic E-state index is -4.21. The number of halogens is 3. The zero-order valence-electron chi connectivity index (χ0n) is 18.4. The van der Waals surface area contributed by atoms with Crippen LogP contribution in [0.1, 0.15) is 49.3 Å². The van der Waals surface area contributed by atoms with E-state index in [1.165, 1.54) is 0 Å². The molecule has 33 heavy (non-hydrogen) atoms. The third-order valence-corrected chi connectivity index (χ3v) is 7.00. The van der Waals surface area contributed by atoms with Crippen molar-refractivity contribution in [2.75, 3.05) is 13.7 Å². The van der Waals surface area contributed by atoms with E-state index in [2.05, 4.69) is 20.9 Å². The molecule has 8 heteroatoms. The minimum absolute atomic E-state index is 0.140. The minimum Gasteiger partial charge on any atom is -0.497 e. The summed E-state index contributed by atoms with van der Waals surface area (Å²) in [5.41, 5.74) is 2.20. The summed E-state index contributed by atoms with van der Waals surface area (Å²) in [7, 11) is 1.60. The van der Waals surface area contributed by atoms with Crippen LogP contribution < -0.4 is 10.1 Å². The molecule has 0 atom stereocenters. The number of pyridine rings is 1. The Morgan fingerprint density at radius 1 is 1.24 bits per heavy atom. The maximum Gasteiger partial charge on any atom is 0.406 e. The molecule has 2 fully saturated rings. The van der Waals surface area contributed by atoms with Crippen molar-refractivity contribution in [2.45, 2.75) is 56.3 Å². The van der Waals surface area contributed by atoms with Crippen LogP contribution in [0.2, 0.25) is 0 Å². The van der Waals surface area contributed by atoms with Crippen molar-refractivity contribution >= 4 is 10.9 Å². The van der Waals surface area contributed by atoms with Gasteiger partial charge in [-0.1, -0.05) is 6.07 Å². The van der Waals surface area contributed by atoms with E-state index in [4.69, 9.17) is 4.74 Å². The van der Waals surface area contributed by atoms with Crippen LogP contribution in [0.15, 0.2) is 36.5 Å². The fourth-order valence-electron chi connectivity index (χ4n) is 4.65. The molecule has 0 aliphatic heterocycles. The van der Waals surface area contributed by atoms with Gasteiger partial charge in [0.25, 0.3) is 0 Å².